The Labute approximate surface area is 186 Å². The van der Waals surface area contributed by atoms with E-state index in [4.69, 9.17) is 4.74 Å². The van der Waals surface area contributed by atoms with E-state index >= 15 is 0 Å². The smallest absolute Gasteiger partial charge is 0.303 e. The lowest BCUT2D eigenvalue weighted by Gasteiger charge is -2.53. The second kappa shape index (κ2) is 7.80. The van der Waals surface area contributed by atoms with Crippen molar-refractivity contribution in [1.82, 2.24) is 0 Å². The van der Waals surface area contributed by atoms with Crippen LogP contribution in [0.15, 0.2) is 0 Å². The van der Waals surface area contributed by atoms with Gasteiger partial charge in [-0.3, -0.25) is 4.79 Å². The second-order valence-electron chi connectivity index (χ2n) is 10.7. The van der Waals surface area contributed by atoms with Gasteiger partial charge in [-0.1, -0.05) is 45.7 Å². The molecule has 28 heavy (non-hydrogen) atoms. The number of hydrogen-bond acceptors (Lipinski definition) is 4. The van der Waals surface area contributed by atoms with Crippen LogP contribution in [0.25, 0.3) is 0 Å². The quantitative estimate of drug-likeness (QED) is 0.403. The van der Waals surface area contributed by atoms with Crippen LogP contribution in [0.2, 0.25) is 0 Å². The van der Waals surface area contributed by atoms with Crippen LogP contribution >= 0.6 is 31.9 Å². The van der Waals surface area contributed by atoms with Crippen LogP contribution < -0.4 is 0 Å². The van der Waals surface area contributed by atoms with Crippen molar-refractivity contribution >= 4 is 37.8 Å². The van der Waals surface area contributed by atoms with Crippen molar-refractivity contribution in [2.24, 2.45) is 22.7 Å². The number of aliphatic hydroxyl groups excluding tert-OH is 1. The molecule has 0 radical (unpaired) electrons. The highest BCUT2D eigenvalue weighted by Crippen LogP contribution is 2.62. The molecule has 6 heteroatoms. The van der Waals surface area contributed by atoms with Crippen molar-refractivity contribution in [2.75, 3.05) is 6.61 Å². The summed E-state index contributed by atoms with van der Waals surface area (Å²) in [6.45, 7) is 8.02. The van der Waals surface area contributed by atoms with E-state index < -0.39 is 11.2 Å². The first-order valence-electron chi connectivity index (χ1n) is 10.7. The van der Waals surface area contributed by atoms with Gasteiger partial charge in [0.15, 0.2) is 0 Å². The van der Waals surface area contributed by atoms with Gasteiger partial charge in [-0.25, -0.2) is 0 Å². The molecule has 7 atom stereocenters. The number of halogens is 2. The van der Waals surface area contributed by atoms with Gasteiger partial charge in [0.25, 0.3) is 0 Å². The molecule has 3 aliphatic carbocycles. The molecule has 4 nitrogen and oxygen atoms in total. The Kier molecular flexibility index (Phi) is 6.41. The first-order valence-corrected chi connectivity index (χ1v) is 12.5. The van der Waals surface area contributed by atoms with Crippen LogP contribution in [0.1, 0.15) is 79.1 Å². The Morgan fingerprint density at radius 3 is 2.29 bits per heavy atom. The van der Waals surface area contributed by atoms with Crippen LogP contribution in [-0.2, 0) is 9.53 Å². The van der Waals surface area contributed by atoms with Gasteiger partial charge in [0.2, 0.25) is 0 Å². The number of carbonyl (C=O) groups excluding carboxylic acids is 1. The van der Waals surface area contributed by atoms with Gasteiger partial charge in [-0.2, -0.15) is 0 Å². The largest absolute Gasteiger partial charge is 0.459 e. The SMILES string of the molecule is CC(=O)O[C@]1(C[C@@H]2CC[C@]3(CO)[C@@H](Br)CC[C@@](C)(O)[C@@H]23)CC[C@H](Br)C(C)(C)C1. The molecule has 0 heterocycles. The summed E-state index contributed by atoms with van der Waals surface area (Å²) >= 11 is 7.66. The van der Waals surface area contributed by atoms with Crippen LogP contribution in [0, 0.1) is 22.7 Å². The zero-order valence-corrected chi connectivity index (χ0v) is 20.8. The van der Waals surface area contributed by atoms with E-state index in [9.17, 15) is 15.0 Å². The summed E-state index contributed by atoms with van der Waals surface area (Å²) in [7, 11) is 0. The van der Waals surface area contributed by atoms with E-state index in [1.807, 2.05) is 6.92 Å². The fraction of sp³-hybridized carbons (Fsp3) is 0.955. The molecule has 3 saturated carbocycles. The highest BCUT2D eigenvalue weighted by Gasteiger charge is 2.62. The lowest BCUT2D eigenvalue weighted by atomic mass is 9.58. The molecule has 0 saturated heterocycles. The number of carbonyl (C=O) groups is 1. The minimum atomic E-state index is -0.798. The molecule has 0 bridgehead atoms. The highest BCUT2D eigenvalue weighted by atomic mass is 79.9. The van der Waals surface area contributed by atoms with Crippen LogP contribution in [-0.4, -0.2) is 43.6 Å². The third-order valence-corrected chi connectivity index (χ3v) is 11.1. The van der Waals surface area contributed by atoms with E-state index in [1.54, 1.807) is 0 Å². The molecule has 2 N–H and O–H groups in total. The molecule has 0 aliphatic heterocycles. The maximum absolute atomic E-state index is 12.0. The number of ether oxygens (including phenoxy) is 1. The van der Waals surface area contributed by atoms with Crippen molar-refractivity contribution in [1.29, 1.82) is 0 Å². The predicted octanol–water partition coefficient (Wildman–Crippen LogP) is 4.97. The fourth-order valence-electron chi connectivity index (χ4n) is 6.98. The summed E-state index contributed by atoms with van der Waals surface area (Å²) in [6, 6.07) is 0. The maximum atomic E-state index is 12.0. The standard InChI is InChI=1S/C22H36Br2O4/c1-14(26)28-21(9-7-16(23)19(2,3)12-21)11-15-5-10-22(13-25)17(24)6-8-20(4,27)18(15)22/h15-18,25,27H,5-13H2,1-4H3/t15-,16-,17-,18+,20+,21-,22-/m0/s1. The summed E-state index contributed by atoms with van der Waals surface area (Å²) in [5.74, 6) is 0.0360. The van der Waals surface area contributed by atoms with Gasteiger partial charge in [-0.05, 0) is 75.5 Å². The van der Waals surface area contributed by atoms with Crippen molar-refractivity contribution in [3.8, 4) is 0 Å². The summed E-state index contributed by atoms with van der Waals surface area (Å²) in [4.78, 5) is 12.7. The van der Waals surface area contributed by atoms with Gasteiger partial charge < -0.3 is 14.9 Å². The van der Waals surface area contributed by atoms with Gasteiger partial charge in [-0.15, -0.1) is 0 Å². The summed E-state index contributed by atoms with van der Waals surface area (Å²) in [6.07, 6.45) is 6.91. The number of esters is 1. The third-order valence-electron chi connectivity index (χ3n) is 8.04. The number of rotatable bonds is 4. The molecule has 0 spiro atoms. The Balaban J connectivity index is 1.92. The number of aliphatic hydroxyl groups is 2. The lowest BCUT2D eigenvalue weighted by molar-refractivity contribution is -0.172. The summed E-state index contributed by atoms with van der Waals surface area (Å²) in [5.41, 5.74) is -1.53. The van der Waals surface area contributed by atoms with Gasteiger partial charge in [0.05, 0.1) is 12.2 Å². The first-order chi connectivity index (χ1) is 12.9. The lowest BCUT2D eigenvalue weighted by Crippen LogP contribution is -2.56. The minimum absolute atomic E-state index is 0.0142. The van der Waals surface area contributed by atoms with E-state index in [1.165, 1.54) is 6.92 Å². The predicted molar refractivity (Wildman–Crippen MR) is 118 cm³/mol. The third kappa shape index (κ3) is 3.97. The van der Waals surface area contributed by atoms with Gasteiger partial charge >= 0.3 is 5.97 Å². The second-order valence-corrected chi connectivity index (χ2v) is 12.9. The first kappa shape index (κ1) is 23.0. The Morgan fingerprint density at radius 2 is 1.71 bits per heavy atom. The molecule has 0 aromatic rings. The molecule has 162 valence electrons. The van der Waals surface area contributed by atoms with E-state index in [0.29, 0.717) is 4.83 Å². The molecule has 3 rings (SSSR count). The average Bonchev–Trinajstić information content (AvgIpc) is 2.95. The van der Waals surface area contributed by atoms with Crippen LogP contribution in [0.5, 0.6) is 0 Å². The fourth-order valence-corrected chi connectivity index (χ4v) is 8.26. The van der Waals surface area contributed by atoms with Gasteiger partial charge in [0, 0.05) is 22.0 Å². The molecular formula is C22H36Br2O4. The van der Waals surface area contributed by atoms with Gasteiger partial charge in [0.1, 0.15) is 5.60 Å². The maximum Gasteiger partial charge on any atom is 0.303 e. The molecule has 0 aromatic carbocycles. The Hall–Kier alpha value is 0.350. The summed E-state index contributed by atoms with van der Waals surface area (Å²) < 4.78 is 6.05. The zero-order chi connectivity index (χ0) is 21.0. The van der Waals surface area contributed by atoms with E-state index in [0.717, 1.165) is 51.4 Å². The van der Waals surface area contributed by atoms with Crippen molar-refractivity contribution in [2.45, 2.75) is 99.9 Å². The van der Waals surface area contributed by atoms with E-state index in [2.05, 4.69) is 45.7 Å². The van der Waals surface area contributed by atoms with Crippen molar-refractivity contribution < 1.29 is 19.7 Å². The summed E-state index contributed by atoms with van der Waals surface area (Å²) in [5, 5.41) is 21.7. The normalized spacial score (nSPS) is 48.1. The number of fused-ring (bicyclic) bond motifs is 1. The molecule has 0 amide bonds. The number of alkyl halides is 2. The average molecular weight is 524 g/mol. The highest BCUT2D eigenvalue weighted by molar-refractivity contribution is 9.09. The molecule has 3 fully saturated rings. The van der Waals surface area contributed by atoms with Crippen molar-refractivity contribution in [3.05, 3.63) is 0 Å². The molecule has 3 aliphatic rings. The van der Waals surface area contributed by atoms with E-state index in [-0.39, 0.29) is 40.1 Å². The topological polar surface area (TPSA) is 66.8 Å². The van der Waals surface area contributed by atoms with Crippen LogP contribution in [0.4, 0.5) is 0 Å². The number of hydrogen-bond donors (Lipinski definition) is 2. The monoisotopic (exact) mass is 522 g/mol. The zero-order valence-electron chi connectivity index (χ0n) is 17.6. The molecule has 0 aromatic heterocycles. The van der Waals surface area contributed by atoms with Crippen molar-refractivity contribution in [3.63, 3.8) is 0 Å². The molecule has 0 unspecified atom stereocenters. The Morgan fingerprint density at radius 1 is 1.07 bits per heavy atom. The van der Waals surface area contributed by atoms with Crippen LogP contribution in [0.3, 0.4) is 0 Å². The molecular weight excluding hydrogens is 488 g/mol. The minimum Gasteiger partial charge on any atom is -0.459 e. The Bertz CT molecular complexity index is 607.